The van der Waals surface area contributed by atoms with Crippen molar-refractivity contribution in [3.63, 3.8) is 0 Å². The molecule has 9 heteroatoms. The van der Waals surface area contributed by atoms with E-state index in [4.69, 9.17) is 16.3 Å². The number of rotatable bonds is 6. The van der Waals surface area contributed by atoms with Gasteiger partial charge in [0.05, 0.1) is 24.3 Å². The molecule has 1 heterocycles. The lowest BCUT2D eigenvalue weighted by Crippen LogP contribution is -2.45. The van der Waals surface area contributed by atoms with Crippen LogP contribution in [0, 0.1) is 5.82 Å². The molecule has 0 spiro atoms. The summed E-state index contributed by atoms with van der Waals surface area (Å²) in [4.78, 5) is 28.9. The van der Waals surface area contributed by atoms with E-state index in [2.05, 4.69) is 15.5 Å². The molecule has 0 saturated carbocycles. The van der Waals surface area contributed by atoms with Crippen molar-refractivity contribution < 1.29 is 18.7 Å². The summed E-state index contributed by atoms with van der Waals surface area (Å²) >= 11 is 5.72. The number of nitrogens with one attached hydrogen (secondary N) is 2. The van der Waals surface area contributed by atoms with Gasteiger partial charge in [-0.05, 0) is 35.9 Å². The van der Waals surface area contributed by atoms with Crippen LogP contribution in [0.4, 0.5) is 15.8 Å². The molecule has 0 radical (unpaired) electrons. The number of benzene rings is 2. The lowest BCUT2D eigenvalue weighted by molar-refractivity contribution is -0.136. The number of hydrogen-bond acceptors (Lipinski definition) is 5. The second-order valence-electron chi connectivity index (χ2n) is 7.44. The van der Waals surface area contributed by atoms with Crippen LogP contribution in [-0.2, 0) is 14.3 Å². The smallest absolute Gasteiger partial charge is 0.313 e. The fourth-order valence-corrected chi connectivity index (χ4v) is 3.55. The van der Waals surface area contributed by atoms with Crippen LogP contribution in [-0.4, -0.2) is 63.7 Å². The van der Waals surface area contributed by atoms with Crippen LogP contribution < -0.4 is 15.5 Å². The molecule has 0 aliphatic carbocycles. The van der Waals surface area contributed by atoms with Gasteiger partial charge in [-0.25, -0.2) is 4.39 Å². The Morgan fingerprint density at radius 1 is 1.13 bits per heavy atom. The Morgan fingerprint density at radius 2 is 1.81 bits per heavy atom. The largest absolute Gasteiger partial charge is 0.379 e. The number of nitrogens with zero attached hydrogens (tertiary/aromatic N) is 2. The Hall–Kier alpha value is -2.68. The maximum Gasteiger partial charge on any atom is 0.313 e. The third-order valence-electron chi connectivity index (χ3n) is 5.12. The van der Waals surface area contributed by atoms with Gasteiger partial charge in [0, 0.05) is 45.1 Å². The molecule has 166 valence electrons. The van der Waals surface area contributed by atoms with E-state index in [1.807, 2.05) is 43.3 Å². The minimum Gasteiger partial charge on any atom is -0.379 e. The Labute approximate surface area is 186 Å². The number of carbonyl (C=O) groups excluding carboxylic acids is 2. The molecule has 7 nitrogen and oxygen atoms in total. The molecule has 1 aliphatic rings. The van der Waals surface area contributed by atoms with E-state index in [0.717, 1.165) is 30.4 Å². The van der Waals surface area contributed by atoms with Crippen LogP contribution >= 0.6 is 11.6 Å². The number of halogens is 2. The molecule has 3 rings (SSSR count). The maximum absolute atomic E-state index is 13.3. The molecule has 2 aromatic carbocycles. The summed E-state index contributed by atoms with van der Waals surface area (Å²) in [5.74, 6) is -2.22. The van der Waals surface area contributed by atoms with Gasteiger partial charge in [-0.2, -0.15) is 0 Å². The molecule has 1 unspecified atom stereocenters. The molecular formula is C22H26ClFN4O3. The van der Waals surface area contributed by atoms with E-state index in [9.17, 15) is 14.0 Å². The van der Waals surface area contributed by atoms with Gasteiger partial charge in [0.15, 0.2) is 0 Å². The number of hydrogen-bond donors (Lipinski definition) is 2. The minimum atomic E-state index is -0.841. The van der Waals surface area contributed by atoms with Crippen LogP contribution in [0.25, 0.3) is 0 Å². The third-order valence-corrected chi connectivity index (χ3v) is 5.41. The summed E-state index contributed by atoms with van der Waals surface area (Å²) < 4.78 is 18.7. The average molecular weight is 449 g/mol. The fourth-order valence-electron chi connectivity index (χ4n) is 3.37. The zero-order chi connectivity index (χ0) is 22.4. The van der Waals surface area contributed by atoms with Gasteiger partial charge in [-0.15, -0.1) is 0 Å². The van der Waals surface area contributed by atoms with Crippen molar-refractivity contribution >= 4 is 34.8 Å². The van der Waals surface area contributed by atoms with Crippen LogP contribution in [0.1, 0.15) is 11.6 Å². The molecule has 31 heavy (non-hydrogen) atoms. The molecular weight excluding hydrogens is 423 g/mol. The first-order valence-corrected chi connectivity index (χ1v) is 10.4. The van der Waals surface area contributed by atoms with Crippen molar-refractivity contribution in [1.82, 2.24) is 10.2 Å². The van der Waals surface area contributed by atoms with E-state index in [0.29, 0.717) is 13.2 Å². The SMILES string of the molecule is CN(C)c1ccc(C(CNC(=O)C(=O)Nc2ccc(F)c(Cl)c2)N2CCOCC2)cc1. The number of carbonyl (C=O) groups is 2. The van der Waals surface area contributed by atoms with Gasteiger partial charge in [0.25, 0.3) is 0 Å². The van der Waals surface area contributed by atoms with Gasteiger partial charge in [0.1, 0.15) is 5.82 Å². The summed E-state index contributed by atoms with van der Waals surface area (Å²) in [6.07, 6.45) is 0. The van der Waals surface area contributed by atoms with Crippen molar-refractivity contribution in [2.24, 2.45) is 0 Å². The van der Waals surface area contributed by atoms with E-state index in [1.54, 1.807) is 0 Å². The predicted molar refractivity (Wildman–Crippen MR) is 119 cm³/mol. The molecule has 0 aromatic heterocycles. The summed E-state index contributed by atoms with van der Waals surface area (Å²) in [5.41, 5.74) is 2.36. The van der Waals surface area contributed by atoms with Crippen molar-refractivity contribution in [2.45, 2.75) is 6.04 Å². The van der Waals surface area contributed by atoms with Crippen molar-refractivity contribution in [3.8, 4) is 0 Å². The van der Waals surface area contributed by atoms with Crippen molar-refractivity contribution in [1.29, 1.82) is 0 Å². The van der Waals surface area contributed by atoms with Gasteiger partial charge in [-0.3, -0.25) is 14.5 Å². The first-order valence-electron chi connectivity index (χ1n) is 9.98. The average Bonchev–Trinajstić information content (AvgIpc) is 2.77. The monoisotopic (exact) mass is 448 g/mol. The summed E-state index contributed by atoms with van der Waals surface area (Å²) in [6, 6.07) is 11.7. The zero-order valence-corrected chi connectivity index (χ0v) is 18.3. The van der Waals surface area contributed by atoms with E-state index < -0.39 is 17.6 Å². The second kappa shape index (κ2) is 10.6. The third kappa shape index (κ3) is 6.16. The van der Waals surface area contributed by atoms with E-state index in [-0.39, 0.29) is 23.3 Å². The van der Waals surface area contributed by atoms with E-state index in [1.165, 1.54) is 12.1 Å². The van der Waals surface area contributed by atoms with Gasteiger partial charge in [0.2, 0.25) is 0 Å². The highest BCUT2D eigenvalue weighted by atomic mass is 35.5. The van der Waals surface area contributed by atoms with Crippen LogP contribution in [0.15, 0.2) is 42.5 Å². The van der Waals surface area contributed by atoms with Gasteiger partial charge in [-0.1, -0.05) is 23.7 Å². The molecule has 2 N–H and O–H groups in total. The first-order chi connectivity index (χ1) is 14.8. The lowest BCUT2D eigenvalue weighted by Gasteiger charge is -2.35. The van der Waals surface area contributed by atoms with Crippen molar-refractivity contribution in [3.05, 3.63) is 58.9 Å². The van der Waals surface area contributed by atoms with Crippen LogP contribution in [0.5, 0.6) is 0 Å². The predicted octanol–water partition coefficient (Wildman–Crippen LogP) is 2.67. The molecule has 1 fully saturated rings. The van der Waals surface area contributed by atoms with Crippen molar-refractivity contribution in [2.75, 3.05) is 57.2 Å². The summed E-state index contributed by atoms with van der Waals surface area (Å²) in [5, 5.41) is 5.01. The fraction of sp³-hybridized carbons (Fsp3) is 0.364. The molecule has 1 saturated heterocycles. The maximum atomic E-state index is 13.3. The number of anilines is 2. The van der Waals surface area contributed by atoms with E-state index >= 15 is 0 Å². The molecule has 0 bridgehead atoms. The Kier molecular flexibility index (Phi) is 7.84. The standard InChI is InChI=1S/C22H26ClFN4O3/c1-27(2)17-6-3-15(4-7-17)20(28-9-11-31-12-10-28)14-25-21(29)22(30)26-16-5-8-19(24)18(23)13-16/h3-8,13,20H,9-12,14H2,1-2H3,(H,25,29)(H,26,30). The Balaban J connectivity index is 1.66. The van der Waals surface area contributed by atoms with Gasteiger partial charge < -0.3 is 20.3 Å². The molecule has 2 amide bonds. The highest BCUT2D eigenvalue weighted by Crippen LogP contribution is 2.24. The number of ether oxygens (including phenoxy) is 1. The molecule has 1 atom stereocenters. The highest BCUT2D eigenvalue weighted by molar-refractivity contribution is 6.39. The minimum absolute atomic E-state index is 0.0999. The van der Waals surface area contributed by atoms with Crippen LogP contribution in [0.3, 0.4) is 0 Å². The topological polar surface area (TPSA) is 73.9 Å². The first kappa shape index (κ1) is 23.0. The number of amides is 2. The second-order valence-corrected chi connectivity index (χ2v) is 7.85. The summed E-state index contributed by atoms with van der Waals surface area (Å²) in [6.45, 7) is 2.96. The molecule has 2 aromatic rings. The Bertz CT molecular complexity index is 917. The molecule has 1 aliphatic heterocycles. The summed E-state index contributed by atoms with van der Waals surface area (Å²) in [7, 11) is 3.95. The normalized spacial score (nSPS) is 15.2. The lowest BCUT2D eigenvalue weighted by atomic mass is 10.0. The highest BCUT2D eigenvalue weighted by Gasteiger charge is 2.24. The number of morpholine rings is 1. The van der Waals surface area contributed by atoms with Gasteiger partial charge >= 0.3 is 11.8 Å². The quantitative estimate of drug-likeness (QED) is 0.665. The van der Waals surface area contributed by atoms with Crippen LogP contribution in [0.2, 0.25) is 5.02 Å². The zero-order valence-electron chi connectivity index (χ0n) is 17.5. The Morgan fingerprint density at radius 3 is 2.42 bits per heavy atom.